The summed E-state index contributed by atoms with van der Waals surface area (Å²) in [7, 11) is -3.09. The van der Waals surface area contributed by atoms with Crippen LogP contribution in [-0.4, -0.2) is 54.2 Å². The number of hydrogen-bond donors (Lipinski definition) is 1. The average molecular weight is 468 g/mol. The highest BCUT2D eigenvalue weighted by Crippen LogP contribution is 2.31. The van der Waals surface area contributed by atoms with Crippen LogP contribution in [0, 0.1) is 6.92 Å². The number of benzene rings is 1. The highest BCUT2D eigenvalue weighted by atomic mass is 35.5. The van der Waals surface area contributed by atoms with Gasteiger partial charge in [-0.15, -0.1) is 11.3 Å². The van der Waals surface area contributed by atoms with E-state index in [0.29, 0.717) is 16.3 Å². The molecular formula is C19H18ClN3O5S2. The lowest BCUT2D eigenvalue weighted by atomic mass is 10.2. The van der Waals surface area contributed by atoms with Gasteiger partial charge in [0.1, 0.15) is 9.71 Å². The molecule has 30 heavy (non-hydrogen) atoms. The first-order valence-electron chi connectivity index (χ1n) is 9.14. The second kappa shape index (κ2) is 8.01. The van der Waals surface area contributed by atoms with Crippen LogP contribution in [0.4, 0.5) is 0 Å². The van der Waals surface area contributed by atoms with Crippen molar-refractivity contribution in [2.45, 2.75) is 19.4 Å². The third kappa shape index (κ3) is 4.35. The van der Waals surface area contributed by atoms with Gasteiger partial charge in [-0.25, -0.2) is 17.9 Å². The number of carbonyl (C=O) groups excluding carboxylic acids is 2. The SMILES string of the molecule is Cc1nn(-c2ccc(Cl)cc2)c2sc(C(=O)OCC(=O)NC3CCS(=O)(=O)C3)cc12. The molecule has 1 aromatic carbocycles. The van der Waals surface area contributed by atoms with Gasteiger partial charge in [0, 0.05) is 16.5 Å². The molecule has 1 fully saturated rings. The van der Waals surface area contributed by atoms with Crippen molar-refractivity contribution in [1.29, 1.82) is 0 Å². The molecular weight excluding hydrogens is 450 g/mol. The molecule has 4 rings (SSSR count). The molecule has 3 aromatic rings. The predicted molar refractivity (Wildman–Crippen MR) is 114 cm³/mol. The summed E-state index contributed by atoms with van der Waals surface area (Å²) >= 11 is 7.16. The summed E-state index contributed by atoms with van der Waals surface area (Å²) in [6.45, 7) is 1.38. The maximum Gasteiger partial charge on any atom is 0.348 e. The van der Waals surface area contributed by atoms with E-state index in [1.165, 1.54) is 11.3 Å². The van der Waals surface area contributed by atoms with Crippen molar-refractivity contribution in [1.82, 2.24) is 15.1 Å². The number of carbonyl (C=O) groups is 2. The van der Waals surface area contributed by atoms with E-state index >= 15 is 0 Å². The van der Waals surface area contributed by atoms with Gasteiger partial charge >= 0.3 is 5.97 Å². The molecule has 1 unspecified atom stereocenters. The van der Waals surface area contributed by atoms with Crippen LogP contribution in [0.1, 0.15) is 21.8 Å². The number of halogens is 1. The standard InChI is InChI=1S/C19H18ClN3O5S2/c1-11-15-8-16(29-18(15)23(22-11)14-4-2-12(20)3-5-14)19(25)28-9-17(24)21-13-6-7-30(26,27)10-13/h2-5,8,13H,6-7,9-10H2,1H3,(H,21,24). The zero-order valence-electron chi connectivity index (χ0n) is 15.9. The monoisotopic (exact) mass is 467 g/mol. The second-order valence-corrected chi connectivity index (χ2v) is 10.7. The van der Waals surface area contributed by atoms with Crippen LogP contribution in [-0.2, 0) is 19.4 Å². The highest BCUT2D eigenvalue weighted by molar-refractivity contribution is 7.91. The Kier molecular flexibility index (Phi) is 5.56. The summed E-state index contributed by atoms with van der Waals surface area (Å²) in [5, 5.41) is 8.54. The van der Waals surface area contributed by atoms with Gasteiger partial charge in [-0.3, -0.25) is 4.79 Å². The Bertz CT molecular complexity index is 1230. The largest absolute Gasteiger partial charge is 0.451 e. The number of amides is 1. The van der Waals surface area contributed by atoms with E-state index in [4.69, 9.17) is 16.3 Å². The first kappa shape index (κ1) is 20.8. The van der Waals surface area contributed by atoms with Crippen LogP contribution in [0.5, 0.6) is 0 Å². The number of ether oxygens (including phenoxy) is 1. The van der Waals surface area contributed by atoms with Crippen molar-refractivity contribution in [3.8, 4) is 5.69 Å². The van der Waals surface area contributed by atoms with Gasteiger partial charge in [-0.2, -0.15) is 5.10 Å². The van der Waals surface area contributed by atoms with E-state index in [0.717, 1.165) is 21.6 Å². The van der Waals surface area contributed by atoms with Gasteiger partial charge in [-0.1, -0.05) is 11.6 Å². The van der Waals surface area contributed by atoms with Crippen molar-refractivity contribution in [3.05, 3.63) is 45.9 Å². The normalized spacial score (nSPS) is 17.9. The molecule has 0 radical (unpaired) electrons. The summed E-state index contributed by atoms with van der Waals surface area (Å²) in [4.78, 5) is 25.5. The van der Waals surface area contributed by atoms with Gasteiger partial charge in [0.05, 0.1) is 22.9 Å². The van der Waals surface area contributed by atoms with Crippen LogP contribution >= 0.6 is 22.9 Å². The number of esters is 1. The lowest BCUT2D eigenvalue weighted by Crippen LogP contribution is -2.38. The molecule has 1 atom stereocenters. The quantitative estimate of drug-likeness (QED) is 0.578. The predicted octanol–water partition coefficient (Wildman–Crippen LogP) is 2.51. The second-order valence-electron chi connectivity index (χ2n) is 7.05. The maximum absolute atomic E-state index is 12.4. The Morgan fingerprint density at radius 2 is 2.07 bits per heavy atom. The number of sulfone groups is 1. The fourth-order valence-corrected chi connectivity index (χ4v) is 6.16. The summed E-state index contributed by atoms with van der Waals surface area (Å²) in [5.41, 5.74) is 1.57. The summed E-state index contributed by atoms with van der Waals surface area (Å²) in [6.07, 6.45) is 0.374. The Balaban J connectivity index is 1.44. The van der Waals surface area contributed by atoms with Gasteiger partial charge in [0.2, 0.25) is 0 Å². The van der Waals surface area contributed by atoms with Crippen LogP contribution in [0.2, 0.25) is 5.02 Å². The van der Waals surface area contributed by atoms with Crippen molar-refractivity contribution in [2.24, 2.45) is 0 Å². The molecule has 0 spiro atoms. The molecule has 1 N–H and O–H groups in total. The molecule has 158 valence electrons. The number of hydrogen-bond acceptors (Lipinski definition) is 7. The minimum Gasteiger partial charge on any atom is -0.451 e. The van der Waals surface area contributed by atoms with E-state index in [-0.39, 0.29) is 11.5 Å². The van der Waals surface area contributed by atoms with Crippen LogP contribution in [0.3, 0.4) is 0 Å². The molecule has 0 bridgehead atoms. The summed E-state index contributed by atoms with van der Waals surface area (Å²) < 4.78 is 29.8. The third-order valence-corrected chi connectivity index (χ3v) is 7.86. The molecule has 1 aliphatic rings. The first-order chi connectivity index (χ1) is 14.2. The minimum absolute atomic E-state index is 0.0590. The Labute approximate surface area is 181 Å². The van der Waals surface area contributed by atoms with E-state index in [2.05, 4.69) is 10.4 Å². The van der Waals surface area contributed by atoms with Gasteiger partial charge in [0.15, 0.2) is 16.4 Å². The lowest BCUT2D eigenvalue weighted by molar-refractivity contribution is -0.124. The van der Waals surface area contributed by atoms with Crippen molar-refractivity contribution >= 4 is 54.9 Å². The molecule has 1 aliphatic heterocycles. The summed E-state index contributed by atoms with van der Waals surface area (Å²) in [6, 6.07) is 8.45. The van der Waals surface area contributed by atoms with Gasteiger partial charge < -0.3 is 10.1 Å². The fourth-order valence-electron chi connectivity index (χ4n) is 3.29. The first-order valence-corrected chi connectivity index (χ1v) is 12.2. The smallest absolute Gasteiger partial charge is 0.348 e. The summed E-state index contributed by atoms with van der Waals surface area (Å²) in [5.74, 6) is -1.16. The van der Waals surface area contributed by atoms with E-state index in [1.54, 1.807) is 22.9 Å². The number of rotatable bonds is 5. The molecule has 0 aliphatic carbocycles. The molecule has 11 heteroatoms. The Morgan fingerprint density at radius 3 is 2.73 bits per heavy atom. The van der Waals surface area contributed by atoms with Crippen molar-refractivity contribution in [3.63, 3.8) is 0 Å². The maximum atomic E-state index is 12.4. The zero-order valence-corrected chi connectivity index (χ0v) is 18.3. The third-order valence-electron chi connectivity index (χ3n) is 4.75. The number of aromatic nitrogens is 2. The zero-order chi connectivity index (χ0) is 21.5. The number of fused-ring (bicyclic) bond motifs is 1. The van der Waals surface area contributed by atoms with Crippen LogP contribution in [0.15, 0.2) is 30.3 Å². The Morgan fingerprint density at radius 1 is 1.33 bits per heavy atom. The van der Waals surface area contributed by atoms with E-state index in [9.17, 15) is 18.0 Å². The minimum atomic E-state index is -3.09. The highest BCUT2D eigenvalue weighted by Gasteiger charge is 2.29. The lowest BCUT2D eigenvalue weighted by Gasteiger charge is -2.10. The molecule has 0 saturated carbocycles. The Hall–Kier alpha value is -2.43. The van der Waals surface area contributed by atoms with Gasteiger partial charge in [-0.05, 0) is 43.7 Å². The average Bonchev–Trinajstić information content (AvgIpc) is 3.35. The van der Waals surface area contributed by atoms with Crippen LogP contribution < -0.4 is 5.32 Å². The van der Waals surface area contributed by atoms with Crippen molar-refractivity contribution < 1.29 is 22.7 Å². The van der Waals surface area contributed by atoms with E-state index < -0.39 is 34.4 Å². The van der Waals surface area contributed by atoms with Crippen LogP contribution in [0.25, 0.3) is 15.9 Å². The van der Waals surface area contributed by atoms with Crippen molar-refractivity contribution in [2.75, 3.05) is 18.1 Å². The molecule has 8 nitrogen and oxygen atoms in total. The fraction of sp³-hybridized carbons (Fsp3) is 0.316. The molecule has 2 aromatic heterocycles. The number of thiophene rings is 1. The molecule has 1 saturated heterocycles. The van der Waals surface area contributed by atoms with Gasteiger partial charge in [0.25, 0.3) is 5.91 Å². The van der Waals surface area contributed by atoms with E-state index in [1.807, 2.05) is 19.1 Å². The number of nitrogens with zero attached hydrogens (tertiary/aromatic N) is 2. The number of nitrogens with one attached hydrogen (secondary N) is 1. The topological polar surface area (TPSA) is 107 Å². The number of aryl methyl sites for hydroxylation is 1. The molecule has 1 amide bonds. The molecule has 3 heterocycles.